The number of likely N-dealkylation sites (tertiary alicyclic amines) is 1. The first-order valence-corrected chi connectivity index (χ1v) is 11.2. The summed E-state index contributed by atoms with van der Waals surface area (Å²) >= 11 is 0. The normalized spacial score (nSPS) is 16.2. The van der Waals surface area contributed by atoms with E-state index >= 15 is 0 Å². The van der Waals surface area contributed by atoms with Crippen LogP contribution >= 0.6 is 0 Å². The highest BCUT2D eigenvalue weighted by atomic mass is 16.5. The summed E-state index contributed by atoms with van der Waals surface area (Å²) in [4.78, 5) is 27.2. The van der Waals surface area contributed by atoms with Gasteiger partial charge in [0.05, 0.1) is 12.6 Å². The number of fused-ring (bicyclic) bond motifs is 1. The van der Waals surface area contributed by atoms with E-state index in [1.165, 1.54) is 0 Å². The summed E-state index contributed by atoms with van der Waals surface area (Å²) in [6.45, 7) is 3.67. The molecule has 7 nitrogen and oxygen atoms in total. The van der Waals surface area contributed by atoms with Gasteiger partial charge in [0.2, 0.25) is 11.8 Å². The van der Waals surface area contributed by atoms with Crippen LogP contribution < -0.4 is 10.1 Å². The molecule has 1 saturated heterocycles. The third kappa shape index (κ3) is 5.28. The van der Waals surface area contributed by atoms with Crippen molar-refractivity contribution in [1.29, 1.82) is 0 Å². The van der Waals surface area contributed by atoms with Crippen LogP contribution in [-0.2, 0) is 16.1 Å². The van der Waals surface area contributed by atoms with E-state index in [0.717, 1.165) is 53.7 Å². The molecule has 3 aromatic rings. The average Bonchev–Trinajstić information content (AvgIpc) is 3.21. The summed E-state index contributed by atoms with van der Waals surface area (Å²) < 4.78 is 6.94. The highest BCUT2D eigenvalue weighted by Gasteiger charge is 2.24. The van der Waals surface area contributed by atoms with Crippen molar-refractivity contribution < 1.29 is 14.3 Å². The molecule has 2 amide bonds. The van der Waals surface area contributed by atoms with Gasteiger partial charge in [0.25, 0.3) is 0 Å². The summed E-state index contributed by atoms with van der Waals surface area (Å²) in [5.74, 6) is 1.20. The fourth-order valence-corrected chi connectivity index (χ4v) is 4.31. The second-order valence-corrected chi connectivity index (χ2v) is 8.50. The Morgan fingerprint density at radius 3 is 2.84 bits per heavy atom. The minimum atomic E-state index is 0.00458. The molecule has 1 unspecified atom stereocenters. The molecule has 0 saturated carbocycles. The number of hydrogen-bond donors (Lipinski definition) is 1. The van der Waals surface area contributed by atoms with E-state index in [2.05, 4.69) is 10.4 Å². The number of anilines is 1. The smallest absolute Gasteiger partial charge is 0.244 e. The molecular weight excluding hydrogens is 404 g/mol. The zero-order chi connectivity index (χ0) is 22.5. The Labute approximate surface area is 188 Å². The molecule has 0 bridgehead atoms. The molecule has 168 valence electrons. The number of nitrogens with one attached hydrogen (secondary N) is 1. The Kier molecular flexibility index (Phi) is 6.73. The molecule has 32 heavy (non-hydrogen) atoms. The number of benzene rings is 2. The van der Waals surface area contributed by atoms with Crippen molar-refractivity contribution in [3.8, 4) is 5.75 Å². The van der Waals surface area contributed by atoms with E-state index in [1.54, 1.807) is 11.8 Å². The Balaban J connectivity index is 1.27. The molecule has 4 rings (SSSR count). The fraction of sp³-hybridized carbons (Fsp3) is 0.400. The van der Waals surface area contributed by atoms with Crippen LogP contribution in [0.1, 0.15) is 31.2 Å². The zero-order valence-electron chi connectivity index (χ0n) is 18.7. The Hall–Kier alpha value is -3.35. The van der Waals surface area contributed by atoms with Crippen LogP contribution in [0, 0.1) is 12.8 Å². The number of carbonyl (C=O) groups excluding carboxylic acids is 2. The van der Waals surface area contributed by atoms with Gasteiger partial charge in [-0.05, 0) is 61.9 Å². The lowest BCUT2D eigenvalue weighted by molar-refractivity contribution is -0.133. The molecule has 0 spiro atoms. The molecule has 2 heterocycles. The maximum Gasteiger partial charge on any atom is 0.244 e. The lowest BCUT2D eigenvalue weighted by atomic mass is 9.93. The SMILES string of the molecule is COc1ccc(NC(=O)CCC2CCCN(C(=O)Cn3cc4ccccc4n3)C2)c(C)c1. The van der Waals surface area contributed by atoms with Gasteiger partial charge in [-0.25, -0.2) is 0 Å². The van der Waals surface area contributed by atoms with E-state index in [-0.39, 0.29) is 18.4 Å². The summed E-state index contributed by atoms with van der Waals surface area (Å²) in [5, 5.41) is 8.52. The van der Waals surface area contributed by atoms with Gasteiger partial charge >= 0.3 is 0 Å². The molecule has 1 aliphatic rings. The summed E-state index contributed by atoms with van der Waals surface area (Å²) in [6, 6.07) is 13.5. The van der Waals surface area contributed by atoms with Gasteiger partial charge in [-0.2, -0.15) is 5.10 Å². The number of amides is 2. The molecule has 1 N–H and O–H groups in total. The van der Waals surface area contributed by atoms with Crippen LogP contribution in [-0.4, -0.2) is 46.7 Å². The van der Waals surface area contributed by atoms with Crippen LogP contribution in [0.25, 0.3) is 10.9 Å². The number of aromatic nitrogens is 2. The topological polar surface area (TPSA) is 76.5 Å². The maximum atomic E-state index is 12.8. The standard InChI is InChI=1S/C25H30N4O3/c1-18-14-21(32-2)10-11-22(18)26-24(30)12-9-19-6-5-13-28(15-19)25(31)17-29-16-20-7-3-4-8-23(20)27-29/h3-4,7-8,10-11,14,16,19H,5-6,9,12-13,15,17H2,1-2H3,(H,26,30). The third-order valence-corrected chi connectivity index (χ3v) is 6.12. The van der Waals surface area contributed by atoms with E-state index in [9.17, 15) is 9.59 Å². The summed E-state index contributed by atoms with van der Waals surface area (Å²) in [5.41, 5.74) is 2.68. The summed E-state index contributed by atoms with van der Waals surface area (Å²) in [6.07, 6.45) is 5.15. The third-order valence-electron chi connectivity index (χ3n) is 6.12. The molecular formula is C25H30N4O3. The monoisotopic (exact) mass is 434 g/mol. The predicted molar refractivity (Wildman–Crippen MR) is 125 cm³/mol. The van der Waals surface area contributed by atoms with E-state index in [1.807, 2.05) is 60.5 Å². The summed E-state index contributed by atoms with van der Waals surface area (Å²) in [7, 11) is 1.63. The van der Waals surface area contributed by atoms with E-state index < -0.39 is 0 Å². The molecule has 0 radical (unpaired) electrons. The molecule has 1 fully saturated rings. The lowest BCUT2D eigenvalue weighted by Gasteiger charge is -2.32. The number of nitrogens with zero attached hydrogens (tertiary/aromatic N) is 3. The van der Waals surface area contributed by atoms with Crippen molar-refractivity contribution in [3.63, 3.8) is 0 Å². The van der Waals surface area contributed by atoms with Gasteiger partial charge < -0.3 is 15.0 Å². The Morgan fingerprint density at radius 2 is 2.06 bits per heavy atom. The Bertz CT molecular complexity index is 1070. The van der Waals surface area contributed by atoms with Crippen LogP contribution in [0.5, 0.6) is 5.75 Å². The minimum Gasteiger partial charge on any atom is -0.497 e. The van der Waals surface area contributed by atoms with Crippen molar-refractivity contribution in [2.45, 2.75) is 39.2 Å². The number of ether oxygens (including phenoxy) is 1. The van der Waals surface area contributed by atoms with Gasteiger partial charge in [0.15, 0.2) is 0 Å². The minimum absolute atomic E-state index is 0.00458. The van der Waals surface area contributed by atoms with Gasteiger partial charge in [-0.1, -0.05) is 18.2 Å². The number of rotatable bonds is 7. The maximum absolute atomic E-state index is 12.8. The van der Waals surface area contributed by atoms with Gasteiger partial charge in [0, 0.05) is 36.8 Å². The number of carbonyl (C=O) groups is 2. The molecule has 7 heteroatoms. The number of piperidine rings is 1. The van der Waals surface area contributed by atoms with Gasteiger partial charge in [-0.3, -0.25) is 14.3 Å². The average molecular weight is 435 g/mol. The van der Waals surface area contributed by atoms with Gasteiger partial charge in [0.1, 0.15) is 12.3 Å². The fourth-order valence-electron chi connectivity index (χ4n) is 4.31. The Morgan fingerprint density at radius 1 is 1.22 bits per heavy atom. The largest absolute Gasteiger partial charge is 0.497 e. The molecule has 0 aliphatic carbocycles. The predicted octanol–water partition coefficient (Wildman–Crippen LogP) is 4.01. The lowest BCUT2D eigenvalue weighted by Crippen LogP contribution is -2.41. The molecule has 1 aromatic heterocycles. The first kappa shape index (κ1) is 21.9. The highest BCUT2D eigenvalue weighted by Crippen LogP contribution is 2.24. The number of aryl methyl sites for hydroxylation is 1. The van der Waals surface area contributed by atoms with Crippen LogP contribution in [0.15, 0.2) is 48.7 Å². The van der Waals surface area contributed by atoms with Crippen molar-refractivity contribution in [1.82, 2.24) is 14.7 Å². The van der Waals surface area contributed by atoms with Crippen LogP contribution in [0.3, 0.4) is 0 Å². The van der Waals surface area contributed by atoms with E-state index in [4.69, 9.17) is 4.74 Å². The first-order valence-electron chi connectivity index (χ1n) is 11.2. The number of methoxy groups -OCH3 is 1. The number of hydrogen-bond acceptors (Lipinski definition) is 4. The van der Waals surface area contributed by atoms with Crippen LogP contribution in [0.2, 0.25) is 0 Å². The molecule has 1 atom stereocenters. The molecule has 1 aliphatic heterocycles. The van der Waals surface area contributed by atoms with Crippen LogP contribution in [0.4, 0.5) is 5.69 Å². The van der Waals surface area contributed by atoms with Crippen molar-refractivity contribution in [3.05, 3.63) is 54.2 Å². The second kappa shape index (κ2) is 9.85. The van der Waals surface area contributed by atoms with E-state index in [0.29, 0.717) is 18.9 Å². The van der Waals surface area contributed by atoms with Crippen molar-refractivity contribution in [2.75, 3.05) is 25.5 Å². The zero-order valence-corrected chi connectivity index (χ0v) is 18.7. The quantitative estimate of drug-likeness (QED) is 0.610. The first-order chi connectivity index (χ1) is 15.5. The molecule has 2 aromatic carbocycles. The highest BCUT2D eigenvalue weighted by molar-refractivity contribution is 5.91. The van der Waals surface area contributed by atoms with Crippen molar-refractivity contribution >= 4 is 28.4 Å². The second-order valence-electron chi connectivity index (χ2n) is 8.50. The van der Waals surface area contributed by atoms with Crippen molar-refractivity contribution in [2.24, 2.45) is 5.92 Å². The van der Waals surface area contributed by atoms with Gasteiger partial charge in [-0.15, -0.1) is 0 Å².